The van der Waals surface area contributed by atoms with Crippen molar-refractivity contribution in [2.24, 2.45) is 0 Å². The number of rotatable bonds is 4. The second kappa shape index (κ2) is 4.65. The number of hydrogen-bond donors (Lipinski definition) is 0. The third kappa shape index (κ3) is 4.32. The van der Waals surface area contributed by atoms with E-state index in [2.05, 4.69) is 10.7 Å². The van der Waals surface area contributed by atoms with Gasteiger partial charge in [-0.05, 0) is 24.3 Å². The quantitative estimate of drug-likeness (QED) is 0.714. The highest BCUT2D eigenvalue weighted by Gasteiger charge is 2.22. The van der Waals surface area contributed by atoms with Crippen molar-refractivity contribution in [2.45, 2.75) is 13.0 Å². The van der Waals surface area contributed by atoms with Crippen molar-refractivity contribution in [3.05, 3.63) is 24.3 Å². The summed E-state index contributed by atoms with van der Waals surface area (Å²) in [5, 5.41) is 0. The van der Waals surface area contributed by atoms with Crippen LogP contribution in [0, 0.1) is 12.3 Å². The molecule has 0 atom stereocenters. The summed E-state index contributed by atoms with van der Waals surface area (Å²) in [7, 11) is 0. The van der Waals surface area contributed by atoms with E-state index in [4.69, 9.17) is 11.2 Å². The van der Waals surface area contributed by atoms with Gasteiger partial charge in [-0.25, -0.2) is 0 Å². The van der Waals surface area contributed by atoms with Crippen molar-refractivity contribution >= 4 is 0 Å². The monoisotopic (exact) mass is 212 g/mol. The first kappa shape index (κ1) is 11.3. The fourth-order valence-corrected chi connectivity index (χ4v) is 0.936. The van der Waals surface area contributed by atoms with E-state index in [1.54, 1.807) is 0 Å². The number of benzene rings is 1. The largest absolute Gasteiger partial charge is 0.481 e. The summed E-state index contributed by atoms with van der Waals surface area (Å²) >= 11 is 0. The number of halogens is 2. The molecule has 4 heteroatoms. The molecule has 0 aliphatic rings. The molecule has 0 spiro atoms. The summed E-state index contributed by atoms with van der Waals surface area (Å²) in [4.78, 5) is 0. The van der Waals surface area contributed by atoms with Crippen LogP contribution in [-0.2, 0) is 0 Å². The maximum absolute atomic E-state index is 12.4. The molecule has 80 valence electrons. The molecule has 1 rings (SSSR count). The van der Waals surface area contributed by atoms with Crippen molar-refractivity contribution in [3.8, 4) is 23.8 Å². The van der Waals surface area contributed by atoms with Crippen LogP contribution >= 0.6 is 0 Å². The van der Waals surface area contributed by atoms with Gasteiger partial charge in [0.05, 0.1) is 0 Å². The van der Waals surface area contributed by atoms with Gasteiger partial charge in [0.2, 0.25) is 0 Å². The van der Waals surface area contributed by atoms with E-state index in [0.29, 0.717) is 12.7 Å². The normalized spacial score (nSPS) is 10.5. The molecule has 0 bridgehead atoms. The van der Waals surface area contributed by atoms with Gasteiger partial charge in [0, 0.05) is 6.92 Å². The van der Waals surface area contributed by atoms with Gasteiger partial charge in [-0.2, -0.15) is 8.78 Å². The second-order valence-electron chi connectivity index (χ2n) is 2.87. The van der Waals surface area contributed by atoms with Crippen LogP contribution < -0.4 is 9.47 Å². The summed E-state index contributed by atoms with van der Waals surface area (Å²) in [5.41, 5.74) is 0. The van der Waals surface area contributed by atoms with E-state index in [0.717, 1.165) is 0 Å². The van der Waals surface area contributed by atoms with Gasteiger partial charge in [0.25, 0.3) is 0 Å². The third-order valence-corrected chi connectivity index (χ3v) is 1.44. The fourth-order valence-electron chi connectivity index (χ4n) is 0.936. The minimum absolute atomic E-state index is 0.0792. The average molecular weight is 212 g/mol. The first-order valence-electron chi connectivity index (χ1n) is 4.24. The highest BCUT2D eigenvalue weighted by atomic mass is 19.3. The maximum atomic E-state index is 12.4. The second-order valence-corrected chi connectivity index (χ2v) is 2.87. The van der Waals surface area contributed by atoms with E-state index >= 15 is 0 Å². The zero-order valence-corrected chi connectivity index (χ0v) is 8.17. The summed E-state index contributed by atoms with van der Waals surface area (Å²) in [6, 6.07) is 5.81. The average Bonchev–Trinajstić information content (AvgIpc) is 2.14. The SMILES string of the molecule is C#CCOc1ccc(OC(C)(F)F)cc1. The Kier molecular flexibility index (Phi) is 3.51. The Balaban J connectivity index is 2.61. The lowest BCUT2D eigenvalue weighted by atomic mass is 10.3. The van der Waals surface area contributed by atoms with Crippen LogP contribution in [0.1, 0.15) is 6.92 Å². The van der Waals surface area contributed by atoms with Crippen molar-refractivity contribution in [1.82, 2.24) is 0 Å². The summed E-state index contributed by atoms with van der Waals surface area (Å²) in [6.45, 7) is 0.819. The minimum Gasteiger partial charge on any atom is -0.481 e. The van der Waals surface area contributed by atoms with Crippen LogP contribution in [0.2, 0.25) is 0 Å². The van der Waals surface area contributed by atoms with E-state index in [1.807, 2.05) is 0 Å². The minimum atomic E-state index is -3.18. The lowest BCUT2D eigenvalue weighted by molar-refractivity contribution is -0.158. The Morgan fingerprint density at radius 2 is 1.80 bits per heavy atom. The van der Waals surface area contributed by atoms with E-state index in [9.17, 15) is 8.78 Å². The first-order chi connectivity index (χ1) is 7.01. The smallest absolute Gasteiger partial charge is 0.394 e. The van der Waals surface area contributed by atoms with Gasteiger partial charge in [-0.3, -0.25) is 0 Å². The molecular formula is C11H10F2O2. The van der Waals surface area contributed by atoms with Crippen molar-refractivity contribution in [1.29, 1.82) is 0 Å². The molecule has 0 aliphatic heterocycles. The molecule has 0 amide bonds. The number of terminal acetylenes is 1. The van der Waals surface area contributed by atoms with Gasteiger partial charge < -0.3 is 9.47 Å². The lowest BCUT2D eigenvalue weighted by Crippen LogP contribution is -2.18. The van der Waals surface area contributed by atoms with Gasteiger partial charge in [0.15, 0.2) is 0 Å². The maximum Gasteiger partial charge on any atom is 0.394 e. The Morgan fingerprint density at radius 1 is 1.27 bits per heavy atom. The van der Waals surface area contributed by atoms with Crippen molar-refractivity contribution in [3.63, 3.8) is 0 Å². The molecule has 0 N–H and O–H groups in total. The molecule has 0 aliphatic carbocycles. The predicted molar refractivity (Wildman–Crippen MR) is 52.0 cm³/mol. The fraction of sp³-hybridized carbons (Fsp3) is 0.273. The molecule has 0 saturated carbocycles. The van der Waals surface area contributed by atoms with Gasteiger partial charge >= 0.3 is 6.11 Å². The summed E-state index contributed by atoms with van der Waals surface area (Å²) in [5.74, 6) is 2.89. The van der Waals surface area contributed by atoms with E-state index in [-0.39, 0.29) is 12.4 Å². The van der Waals surface area contributed by atoms with Crippen LogP contribution in [0.5, 0.6) is 11.5 Å². The lowest BCUT2D eigenvalue weighted by Gasteiger charge is -2.13. The molecule has 15 heavy (non-hydrogen) atoms. The highest BCUT2D eigenvalue weighted by molar-refractivity contribution is 5.31. The van der Waals surface area contributed by atoms with Crippen LogP contribution in [0.4, 0.5) is 8.78 Å². The molecule has 0 unspecified atom stereocenters. The Hall–Kier alpha value is -1.76. The van der Waals surface area contributed by atoms with Gasteiger partial charge in [-0.15, -0.1) is 6.42 Å². The Labute approximate surface area is 86.8 Å². The summed E-state index contributed by atoms with van der Waals surface area (Å²) in [6.07, 6.45) is 1.81. The molecule has 0 saturated heterocycles. The number of alkyl halides is 2. The van der Waals surface area contributed by atoms with Crippen LogP contribution in [0.15, 0.2) is 24.3 Å². The van der Waals surface area contributed by atoms with Crippen LogP contribution in [0.25, 0.3) is 0 Å². The molecular weight excluding hydrogens is 202 g/mol. The first-order valence-corrected chi connectivity index (χ1v) is 4.24. The van der Waals surface area contributed by atoms with Crippen molar-refractivity contribution < 1.29 is 18.3 Å². The number of hydrogen-bond acceptors (Lipinski definition) is 2. The molecule has 0 aromatic heterocycles. The zero-order chi connectivity index (χ0) is 11.3. The molecule has 1 aromatic carbocycles. The molecule has 0 radical (unpaired) electrons. The Bertz CT molecular complexity index is 346. The highest BCUT2D eigenvalue weighted by Crippen LogP contribution is 2.23. The standard InChI is InChI=1S/C11H10F2O2/c1-3-8-14-9-4-6-10(7-5-9)15-11(2,12)13/h1,4-7H,8H2,2H3. The van der Waals surface area contributed by atoms with Gasteiger partial charge in [0.1, 0.15) is 18.1 Å². The van der Waals surface area contributed by atoms with Crippen molar-refractivity contribution in [2.75, 3.05) is 6.61 Å². The third-order valence-electron chi connectivity index (χ3n) is 1.44. The van der Waals surface area contributed by atoms with E-state index in [1.165, 1.54) is 24.3 Å². The molecule has 0 fully saturated rings. The molecule has 2 nitrogen and oxygen atoms in total. The summed E-state index contributed by atoms with van der Waals surface area (Å²) < 4.78 is 34.3. The number of ether oxygens (including phenoxy) is 2. The topological polar surface area (TPSA) is 18.5 Å². The molecule has 1 aromatic rings. The van der Waals surface area contributed by atoms with Crippen LogP contribution in [-0.4, -0.2) is 12.7 Å². The molecule has 0 heterocycles. The Morgan fingerprint density at radius 3 is 2.27 bits per heavy atom. The van der Waals surface area contributed by atoms with E-state index < -0.39 is 6.11 Å². The predicted octanol–water partition coefficient (Wildman–Crippen LogP) is 2.69. The zero-order valence-electron chi connectivity index (χ0n) is 8.17. The van der Waals surface area contributed by atoms with Gasteiger partial charge in [-0.1, -0.05) is 5.92 Å². The van der Waals surface area contributed by atoms with Crippen LogP contribution in [0.3, 0.4) is 0 Å².